The molecule has 2 rings (SSSR count). The number of hydrogen-bond acceptors (Lipinski definition) is 2. The van der Waals surface area contributed by atoms with Gasteiger partial charge in [-0.1, -0.05) is 49.6 Å². The van der Waals surface area contributed by atoms with Gasteiger partial charge in [0.05, 0.1) is 6.54 Å². The van der Waals surface area contributed by atoms with Gasteiger partial charge in [0.15, 0.2) is 0 Å². The van der Waals surface area contributed by atoms with Crippen molar-refractivity contribution in [1.29, 1.82) is 0 Å². The van der Waals surface area contributed by atoms with E-state index in [1.165, 1.54) is 24.0 Å². The topological polar surface area (TPSA) is 32.3 Å². The molecule has 3 nitrogen and oxygen atoms in total. The van der Waals surface area contributed by atoms with Crippen LogP contribution in [0.2, 0.25) is 0 Å². The van der Waals surface area contributed by atoms with Crippen LogP contribution in [0.4, 0.5) is 0 Å². The molecule has 0 spiro atoms. The Morgan fingerprint density at radius 1 is 1.47 bits per heavy atom. The summed E-state index contributed by atoms with van der Waals surface area (Å²) >= 11 is 0. The van der Waals surface area contributed by atoms with Crippen molar-refractivity contribution < 1.29 is 4.79 Å². The summed E-state index contributed by atoms with van der Waals surface area (Å²) in [5, 5.41) is 3.33. The number of nitrogens with zero attached hydrogens (tertiary/aromatic N) is 1. The Kier molecular flexibility index (Phi) is 4.59. The molecule has 19 heavy (non-hydrogen) atoms. The standard InChI is InChI=1S/C16H24N2O/c1-4-5-8-13(3)18-15(19)11-17-16(18)14-9-6-7-12(2)10-14/h6-7,9-10,13,16-17H,4-5,8,11H2,1-3H3. The van der Waals surface area contributed by atoms with Crippen LogP contribution in [0, 0.1) is 6.92 Å². The van der Waals surface area contributed by atoms with E-state index in [1.54, 1.807) is 0 Å². The molecule has 1 N–H and O–H groups in total. The maximum absolute atomic E-state index is 12.1. The van der Waals surface area contributed by atoms with Crippen LogP contribution < -0.4 is 5.32 Å². The van der Waals surface area contributed by atoms with Crippen molar-refractivity contribution in [2.24, 2.45) is 0 Å². The number of amides is 1. The van der Waals surface area contributed by atoms with Gasteiger partial charge in [0.1, 0.15) is 6.17 Å². The van der Waals surface area contributed by atoms with Gasteiger partial charge in [-0.25, -0.2) is 0 Å². The second kappa shape index (κ2) is 6.20. The quantitative estimate of drug-likeness (QED) is 0.882. The first-order valence-electron chi connectivity index (χ1n) is 7.24. The molecule has 1 aromatic rings. The van der Waals surface area contributed by atoms with E-state index in [4.69, 9.17) is 0 Å². The number of benzene rings is 1. The summed E-state index contributed by atoms with van der Waals surface area (Å²) in [5.41, 5.74) is 2.43. The second-order valence-electron chi connectivity index (χ2n) is 5.49. The molecule has 0 bridgehead atoms. The molecule has 104 valence electrons. The summed E-state index contributed by atoms with van der Waals surface area (Å²) in [4.78, 5) is 14.1. The Labute approximate surface area is 116 Å². The summed E-state index contributed by atoms with van der Waals surface area (Å²) < 4.78 is 0. The zero-order valence-corrected chi connectivity index (χ0v) is 12.1. The Bertz CT molecular complexity index is 444. The van der Waals surface area contributed by atoms with Gasteiger partial charge in [-0.2, -0.15) is 0 Å². The molecular formula is C16H24N2O. The van der Waals surface area contributed by atoms with Crippen molar-refractivity contribution >= 4 is 5.91 Å². The lowest BCUT2D eigenvalue weighted by Crippen LogP contribution is -2.37. The number of rotatable bonds is 5. The molecular weight excluding hydrogens is 236 g/mol. The molecule has 1 fully saturated rings. The van der Waals surface area contributed by atoms with Crippen molar-refractivity contribution in [3.8, 4) is 0 Å². The predicted octanol–water partition coefficient (Wildman–Crippen LogP) is 3.00. The molecule has 0 saturated carbocycles. The third-order valence-corrected chi connectivity index (χ3v) is 3.82. The van der Waals surface area contributed by atoms with Crippen LogP contribution in [0.15, 0.2) is 24.3 Å². The van der Waals surface area contributed by atoms with Crippen LogP contribution in [0.3, 0.4) is 0 Å². The molecule has 2 atom stereocenters. The highest BCUT2D eigenvalue weighted by Gasteiger charge is 2.34. The zero-order valence-electron chi connectivity index (χ0n) is 12.1. The summed E-state index contributed by atoms with van der Waals surface area (Å²) in [6, 6.07) is 8.71. The highest BCUT2D eigenvalue weighted by Crippen LogP contribution is 2.27. The Morgan fingerprint density at radius 3 is 2.95 bits per heavy atom. The molecule has 3 heteroatoms. The minimum Gasteiger partial charge on any atom is -0.319 e. The lowest BCUT2D eigenvalue weighted by Gasteiger charge is -2.31. The van der Waals surface area contributed by atoms with E-state index in [9.17, 15) is 4.79 Å². The number of aryl methyl sites for hydroxylation is 1. The molecule has 0 aliphatic carbocycles. The first-order valence-corrected chi connectivity index (χ1v) is 7.24. The smallest absolute Gasteiger partial charge is 0.238 e. The molecule has 1 aromatic carbocycles. The van der Waals surface area contributed by atoms with E-state index in [0.29, 0.717) is 12.6 Å². The van der Waals surface area contributed by atoms with E-state index in [0.717, 1.165) is 6.42 Å². The second-order valence-corrected chi connectivity index (χ2v) is 5.49. The summed E-state index contributed by atoms with van der Waals surface area (Å²) in [7, 11) is 0. The third-order valence-electron chi connectivity index (χ3n) is 3.82. The number of hydrogen-bond donors (Lipinski definition) is 1. The normalized spacial score (nSPS) is 20.9. The fourth-order valence-electron chi connectivity index (χ4n) is 2.78. The molecule has 1 heterocycles. The number of unbranched alkanes of at least 4 members (excludes halogenated alkanes) is 1. The first-order chi connectivity index (χ1) is 9.13. The highest BCUT2D eigenvalue weighted by atomic mass is 16.2. The van der Waals surface area contributed by atoms with E-state index < -0.39 is 0 Å². The maximum atomic E-state index is 12.1. The van der Waals surface area contributed by atoms with Gasteiger partial charge in [-0.15, -0.1) is 0 Å². The van der Waals surface area contributed by atoms with Crippen LogP contribution in [0.25, 0.3) is 0 Å². The van der Waals surface area contributed by atoms with Crippen LogP contribution >= 0.6 is 0 Å². The van der Waals surface area contributed by atoms with Gasteiger partial charge in [-0.3, -0.25) is 10.1 Å². The van der Waals surface area contributed by atoms with Crippen molar-refractivity contribution in [1.82, 2.24) is 10.2 Å². The number of nitrogens with one attached hydrogen (secondary N) is 1. The Hall–Kier alpha value is -1.35. The number of carbonyl (C=O) groups excluding carboxylic acids is 1. The van der Waals surface area contributed by atoms with Gasteiger partial charge < -0.3 is 4.90 Å². The molecule has 1 saturated heterocycles. The molecule has 1 aliphatic rings. The fourth-order valence-corrected chi connectivity index (χ4v) is 2.78. The fraction of sp³-hybridized carbons (Fsp3) is 0.562. The van der Waals surface area contributed by atoms with Crippen molar-refractivity contribution in [3.05, 3.63) is 35.4 Å². The van der Waals surface area contributed by atoms with E-state index in [2.05, 4.69) is 50.4 Å². The van der Waals surface area contributed by atoms with Gasteiger partial charge in [0, 0.05) is 6.04 Å². The maximum Gasteiger partial charge on any atom is 0.238 e. The van der Waals surface area contributed by atoms with Gasteiger partial charge in [0.25, 0.3) is 0 Å². The minimum atomic E-state index is 0.0410. The molecule has 1 amide bonds. The van der Waals surface area contributed by atoms with E-state index in [1.807, 2.05) is 4.90 Å². The molecule has 2 unspecified atom stereocenters. The minimum absolute atomic E-state index is 0.0410. The zero-order chi connectivity index (χ0) is 13.8. The van der Waals surface area contributed by atoms with E-state index in [-0.39, 0.29) is 12.1 Å². The largest absolute Gasteiger partial charge is 0.319 e. The van der Waals surface area contributed by atoms with Crippen LogP contribution in [-0.2, 0) is 4.79 Å². The lowest BCUT2D eigenvalue weighted by molar-refractivity contribution is -0.130. The van der Waals surface area contributed by atoms with Crippen LogP contribution in [-0.4, -0.2) is 23.4 Å². The van der Waals surface area contributed by atoms with Gasteiger partial charge in [-0.05, 0) is 25.8 Å². The van der Waals surface area contributed by atoms with Crippen molar-refractivity contribution in [3.63, 3.8) is 0 Å². The summed E-state index contributed by atoms with van der Waals surface area (Å²) in [6.45, 7) is 6.89. The summed E-state index contributed by atoms with van der Waals surface area (Å²) in [6.07, 6.45) is 3.46. The summed E-state index contributed by atoms with van der Waals surface area (Å²) in [5.74, 6) is 0.218. The SMILES string of the molecule is CCCCC(C)N1C(=O)CNC1c1cccc(C)c1. The predicted molar refractivity (Wildman–Crippen MR) is 77.8 cm³/mol. The Balaban J connectivity index is 2.17. The third kappa shape index (κ3) is 3.16. The van der Waals surface area contributed by atoms with Crippen LogP contribution in [0.5, 0.6) is 0 Å². The molecule has 0 radical (unpaired) electrons. The van der Waals surface area contributed by atoms with Gasteiger partial charge in [0.2, 0.25) is 5.91 Å². The highest BCUT2D eigenvalue weighted by molar-refractivity contribution is 5.81. The number of carbonyl (C=O) groups is 1. The molecule has 1 aliphatic heterocycles. The lowest BCUT2D eigenvalue weighted by atomic mass is 10.1. The Morgan fingerprint density at radius 2 is 2.26 bits per heavy atom. The average Bonchev–Trinajstić information content (AvgIpc) is 2.78. The molecule has 0 aromatic heterocycles. The van der Waals surface area contributed by atoms with Crippen LogP contribution in [0.1, 0.15) is 50.4 Å². The van der Waals surface area contributed by atoms with Gasteiger partial charge >= 0.3 is 0 Å². The first kappa shape index (κ1) is 14.1. The van der Waals surface area contributed by atoms with Crippen molar-refractivity contribution in [2.75, 3.05) is 6.54 Å². The van der Waals surface area contributed by atoms with Crippen molar-refractivity contribution in [2.45, 2.75) is 52.2 Å². The monoisotopic (exact) mass is 260 g/mol. The average molecular weight is 260 g/mol. The van der Waals surface area contributed by atoms with E-state index >= 15 is 0 Å².